The number of aliphatic carboxylic acids is 1. The second-order valence-corrected chi connectivity index (χ2v) is 6.93. The van der Waals surface area contributed by atoms with Crippen molar-refractivity contribution in [2.45, 2.75) is 76.5 Å². The van der Waals surface area contributed by atoms with Crippen LogP contribution in [-0.2, 0) is 11.2 Å². The molecule has 0 radical (unpaired) electrons. The zero-order valence-electron chi connectivity index (χ0n) is 12.6. The molecular formula is C16H25N3O2. The first kappa shape index (κ1) is 14.5. The van der Waals surface area contributed by atoms with Gasteiger partial charge in [0.1, 0.15) is 5.82 Å². The number of nitrogens with zero attached hydrogens (tertiary/aromatic N) is 2. The minimum absolute atomic E-state index is 0.102. The van der Waals surface area contributed by atoms with Crippen LogP contribution in [0.1, 0.15) is 81.8 Å². The summed E-state index contributed by atoms with van der Waals surface area (Å²) in [6.07, 6.45) is 11.5. The summed E-state index contributed by atoms with van der Waals surface area (Å²) in [4.78, 5) is 15.8. The van der Waals surface area contributed by atoms with Crippen LogP contribution in [-0.4, -0.2) is 26.3 Å². The minimum atomic E-state index is -0.691. The molecule has 1 aromatic rings. The Morgan fingerprint density at radius 1 is 1.19 bits per heavy atom. The van der Waals surface area contributed by atoms with Crippen molar-refractivity contribution < 1.29 is 9.90 Å². The molecule has 0 saturated heterocycles. The highest BCUT2D eigenvalue weighted by molar-refractivity contribution is 5.67. The number of aromatic nitrogens is 3. The van der Waals surface area contributed by atoms with Crippen molar-refractivity contribution in [2.75, 3.05) is 0 Å². The number of nitrogens with one attached hydrogen (secondary N) is 1. The third-order valence-electron chi connectivity index (χ3n) is 5.25. The van der Waals surface area contributed by atoms with E-state index in [1.54, 1.807) is 0 Å². The molecule has 5 heteroatoms. The third-order valence-corrected chi connectivity index (χ3v) is 5.25. The highest BCUT2D eigenvalue weighted by atomic mass is 16.4. The average Bonchev–Trinajstić information content (AvgIpc) is 3.09. The molecule has 0 atom stereocenters. The normalized spacial score (nSPS) is 22.5. The molecule has 0 aromatic carbocycles. The Kier molecular flexibility index (Phi) is 4.27. The average molecular weight is 291 g/mol. The molecule has 2 fully saturated rings. The van der Waals surface area contributed by atoms with E-state index in [0.717, 1.165) is 43.8 Å². The lowest BCUT2D eigenvalue weighted by atomic mass is 9.79. The van der Waals surface area contributed by atoms with E-state index < -0.39 is 5.97 Å². The van der Waals surface area contributed by atoms with Gasteiger partial charge in [-0.3, -0.25) is 9.89 Å². The van der Waals surface area contributed by atoms with Crippen molar-refractivity contribution in [1.82, 2.24) is 15.2 Å². The topological polar surface area (TPSA) is 78.9 Å². The summed E-state index contributed by atoms with van der Waals surface area (Å²) in [7, 11) is 0. The Labute approximate surface area is 125 Å². The number of carbonyl (C=O) groups is 1. The van der Waals surface area contributed by atoms with Crippen LogP contribution in [0.5, 0.6) is 0 Å². The summed E-state index contributed by atoms with van der Waals surface area (Å²) in [6.45, 7) is 0. The van der Waals surface area contributed by atoms with Gasteiger partial charge in [-0.05, 0) is 31.1 Å². The number of hydrogen-bond donors (Lipinski definition) is 2. The molecule has 2 saturated carbocycles. The van der Waals surface area contributed by atoms with Crippen molar-refractivity contribution in [3.8, 4) is 0 Å². The fraction of sp³-hybridized carbons (Fsp3) is 0.812. The largest absolute Gasteiger partial charge is 0.481 e. The molecule has 21 heavy (non-hydrogen) atoms. The van der Waals surface area contributed by atoms with E-state index in [-0.39, 0.29) is 11.8 Å². The van der Waals surface area contributed by atoms with E-state index in [2.05, 4.69) is 10.2 Å². The summed E-state index contributed by atoms with van der Waals surface area (Å²) < 4.78 is 0. The molecule has 2 N–H and O–H groups in total. The maximum absolute atomic E-state index is 11.2. The lowest BCUT2D eigenvalue weighted by Gasteiger charge is -2.25. The predicted octanol–water partition coefficient (Wildman–Crippen LogP) is 3.43. The molecule has 3 rings (SSSR count). The smallest absolute Gasteiger partial charge is 0.303 e. The van der Waals surface area contributed by atoms with Crippen molar-refractivity contribution in [3.63, 3.8) is 0 Å². The molecule has 1 heterocycles. The van der Waals surface area contributed by atoms with Gasteiger partial charge in [-0.1, -0.05) is 32.1 Å². The highest BCUT2D eigenvalue weighted by Gasteiger charge is 2.37. The summed E-state index contributed by atoms with van der Waals surface area (Å²) in [5, 5.41) is 16.7. The van der Waals surface area contributed by atoms with Crippen LogP contribution in [0, 0.1) is 5.41 Å². The Bertz CT molecular complexity index is 485. The van der Waals surface area contributed by atoms with Crippen LogP contribution >= 0.6 is 0 Å². The summed E-state index contributed by atoms with van der Waals surface area (Å²) in [5.41, 5.74) is -0.102. The molecule has 1 aromatic heterocycles. The monoisotopic (exact) mass is 291 g/mol. The number of carboxylic acids is 1. The predicted molar refractivity (Wildman–Crippen MR) is 79.1 cm³/mol. The minimum Gasteiger partial charge on any atom is -0.481 e. The standard InChI is InChI=1S/C16H25N3O2/c20-14(21)11-16(8-4-5-9-16)10-13-17-15(19-18-13)12-6-2-1-3-7-12/h12H,1-11H2,(H,20,21)(H,17,18,19). The van der Waals surface area contributed by atoms with E-state index in [1.165, 1.54) is 32.1 Å². The molecule has 0 aliphatic heterocycles. The van der Waals surface area contributed by atoms with E-state index in [1.807, 2.05) is 0 Å². The number of H-pyrrole nitrogens is 1. The summed E-state index contributed by atoms with van der Waals surface area (Å²) in [6, 6.07) is 0. The Morgan fingerprint density at radius 3 is 2.57 bits per heavy atom. The van der Waals surface area contributed by atoms with Gasteiger partial charge >= 0.3 is 5.97 Å². The van der Waals surface area contributed by atoms with Gasteiger partial charge in [0, 0.05) is 12.3 Å². The van der Waals surface area contributed by atoms with E-state index in [4.69, 9.17) is 4.98 Å². The number of rotatable bonds is 5. The molecule has 0 spiro atoms. The van der Waals surface area contributed by atoms with E-state index in [9.17, 15) is 9.90 Å². The van der Waals surface area contributed by atoms with Crippen molar-refractivity contribution in [3.05, 3.63) is 11.6 Å². The molecule has 5 nitrogen and oxygen atoms in total. The molecule has 0 bridgehead atoms. The first-order chi connectivity index (χ1) is 10.2. The number of aromatic amines is 1. The Hall–Kier alpha value is -1.39. The third kappa shape index (κ3) is 3.44. The molecule has 0 amide bonds. The van der Waals surface area contributed by atoms with Crippen LogP contribution < -0.4 is 0 Å². The van der Waals surface area contributed by atoms with Gasteiger partial charge in [0.05, 0.1) is 6.42 Å². The van der Waals surface area contributed by atoms with E-state index >= 15 is 0 Å². The summed E-state index contributed by atoms with van der Waals surface area (Å²) >= 11 is 0. The fourth-order valence-corrected chi connectivity index (χ4v) is 4.15. The second kappa shape index (κ2) is 6.16. The fourth-order valence-electron chi connectivity index (χ4n) is 4.15. The highest BCUT2D eigenvalue weighted by Crippen LogP contribution is 2.43. The maximum atomic E-state index is 11.2. The SMILES string of the molecule is O=C(O)CC1(Cc2nc(C3CCCCC3)n[nH]2)CCCC1. The molecular weight excluding hydrogens is 266 g/mol. The van der Waals surface area contributed by atoms with Gasteiger partial charge in [-0.2, -0.15) is 5.10 Å². The van der Waals surface area contributed by atoms with Crippen molar-refractivity contribution in [2.24, 2.45) is 5.41 Å². The van der Waals surface area contributed by atoms with Gasteiger partial charge in [0.2, 0.25) is 0 Å². The summed E-state index contributed by atoms with van der Waals surface area (Å²) in [5.74, 6) is 1.65. The maximum Gasteiger partial charge on any atom is 0.303 e. The Balaban J connectivity index is 1.68. The second-order valence-electron chi connectivity index (χ2n) is 6.93. The lowest BCUT2D eigenvalue weighted by Crippen LogP contribution is -2.24. The number of hydrogen-bond acceptors (Lipinski definition) is 3. The van der Waals surface area contributed by atoms with Gasteiger partial charge < -0.3 is 5.11 Å². The van der Waals surface area contributed by atoms with Crippen molar-refractivity contribution in [1.29, 1.82) is 0 Å². The van der Waals surface area contributed by atoms with E-state index in [0.29, 0.717) is 5.92 Å². The quantitative estimate of drug-likeness (QED) is 0.871. The molecule has 0 unspecified atom stereocenters. The van der Waals surface area contributed by atoms with Crippen LogP contribution in [0.4, 0.5) is 0 Å². The van der Waals surface area contributed by atoms with Gasteiger partial charge in [-0.25, -0.2) is 4.98 Å². The van der Waals surface area contributed by atoms with Crippen LogP contribution in [0.25, 0.3) is 0 Å². The lowest BCUT2D eigenvalue weighted by molar-refractivity contribution is -0.139. The number of carboxylic acid groups (broad SMARTS) is 1. The zero-order chi connectivity index (χ0) is 14.7. The molecule has 2 aliphatic carbocycles. The Morgan fingerprint density at radius 2 is 1.90 bits per heavy atom. The molecule has 2 aliphatic rings. The van der Waals surface area contributed by atoms with Gasteiger partial charge in [-0.15, -0.1) is 0 Å². The molecule has 116 valence electrons. The first-order valence-electron chi connectivity index (χ1n) is 8.30. The van der Waals surface area contributed by atoms with Gasteiger partial charge in [0.25, 0.3) is 0 Å². The zero-order valence-corrected chi connectivity index (χ0v) is 12.6. The van der Waals surface area contributed by atoms with Crippen LogP contribution in [0.2, 0.25) is 0 Å². The van der Waals surface area contributed by atoms with Crippen LogP contribution in [0.15, 0.2) is 0 Å². The first-order valence-corrected chi connectivity index (χ1v) is 8.30. The van der Waals surface area contributed by atoms with Crippen molar-refractivity contribution >= 4 is 5.97 Å². The van der Waals surface area contributed by atoms with Crippen LogP contribution in [0.3, 0.4) is 0 Å². The van der Waals surface area contributed by atoms with Gasteiger partial charge in [0.15, 0.2) is 5.82 Å².